The molecule has 3 rings (SSSR count). The maximum Gasteiger partial charge on any atom is 0.355 e. The Labute approximate surface area is 143 Å². The molecule has 2 aromatic rings. The first-order chi connectivity index (χ1) is 11.0. The smallest absolute Gasteiger partial charge is 0.355 e. The number of benzene rings is 1. The largest absolute Gasteiger partial charge is 0.489 e. The molecule has 0 aliphatic carbocycles. The molecule has 7 heteroatoms. The minimum atomic E-state index is -0.456. The fraction of sp³-hybridized carbons (Fsp3) is 0.312. The van der Waals surface area contributed by atoms with E-state index in [0.717, 1.165) is 12.0 Å². The number of aromatic nitrogens is 1. The number of carbonyl (C=O) groups excluding carboxylic acids is 1. The van der Waals surface area contributed by atoms with E-state index in [0.29, 0.717) is 40.5 Å². The summed E-state index contributed by atoms with van der Waals surface area (Å²) >= 11 is 12.1. The first kappa shape index (κ1) is 16.0. The van der Waals surface area contributed by atoms with Crippen molar-refractivity contribution in [3.63, 3.8) is 0 Å². The molecule has 0 amide bonds. The summed E-state index contributed by atoms with van der Waals surface area (Å²) in [6.07, 6.45) is 2.44. The Hall–Kier alpha value is -1.85. The molecule has 5 nitrogen and oxygen atoms in total. The van der Waals surface area contributed by atoms with Gasteiger partial charge in [0.25, 0.3) is 0 Å². The van der Waals surface area contributed by atoms with Crippen LogP contribution < -0.4 is 9.47 Å². The monoisotopic (exact) mass is 355 g/mol. The van der Waals surface area contributed by atoms with Gasteiger partial charge in [-0.2, -0.15) is 0 Å². The van der Waals surface area contributed by atoms with Gasteiger partial charge in [0, 0.05) is 19.7 Å². The standard InChI is InChI=1S/C16H15Cl2NO4/c1-19-8-11(17)7-13(19)16(20)23-9-10-5-12(18)15-14(6-10)21-3-2-4-22-15/h5-8H,2-4,9H2,1H3. The summed E-state index contributed by atoms with van der Waals surface area (Å²) in [7, 11) is 1.73. The van der Waals surface area contributed by atoms with Crippen molar-refractivity contribution < 1.29 is 19.0 Å². The number of carbonyl (C=O) groups is 1. The lowest BCUT2D eigenvalue weighted by Crippen LogP contribution is -2.09. The zero-order valence-electron chi connectivity index (χ0n) is 12.5. The lowest BCUT2D eigenvalue weighted by atomic mass is 10.2. The first-order valence-electron chi connectivity index (χ1n) is 7.11. The zero-order chi connectivity index (χ0) is 16.4. The van der Waals surface area contributed by atoms with E-state index in [-0.39, 0.29) is 6.61 Å². The molecule has 0 radical (unpaired) electrons. The summed E-state index contributed by atoms with van der Waals surface area (Å²) < 4.78 is 18.1. The van der Waals surface area contributed by atoms with Crippen LogP contribution >= 0.6 is 23.2 Å². The highest BCUT2D eigenvalue weighted by molar-refractivity contribution is 6.32. The molecule has 0 fully saturated rings. The van der Waals surface area contributed by atoms with Crippen LogP contribution in [0.3, 0.4) is 0 Å². The Morgan fingerprint density at radius 3 is 2.78 bits per heavy atom. The number of ether oxygens (including phenoxy) is 3. The van der Waals surface area contributed by atoms with Crippen molar-refractivity contribution in [1.82, 2.24) is 4.57 Å². The zero-order valence-corrected chi connectivity index (χ0v) is 14.0. The van der Waals surface area contributed by atoms with Crippen molar-refractivity contribution in [3.8, 4) is 11.5 Å². The molecule has 0 atom stereocenters. The highest BCUT2D eigenvalue weighted by Crippen LogP contribution is 2.38. The molecule has 0 N–H and O–H groups in total. The molecule has 2 heterocycles. The second-order valence-electron chi connectivity index (χ2n) is 5.19. The maximum absolute atomic E-state index is 12.1. The van der Waals surface area contributed by atoms with E-state index in [1.54, 1.807) is 36.0 Å². The number of aryl methyl sites for hydroxylation is 1. The first-order valence-corrected chi connectivity index (χ1v) is 7.87. The SMILES string of the molecule is Cn1cc(Cl)cc1C(=O)OCc1cc(Cl)c2c(c1)OCCCO2. The Balaban J connectivity index is 1.73. The summed E-state index contributed by atoms with van der Waals surface area (Å²) in [6, 6.07) is 5.04. The van der Waals surface area contributed by atoms with Crippen LogP contribution in [0.25, 0.3) is 0 Å². The van der Waals surface area contributed by atoms with E-state index in [1.165, 1.54) is 0 Å². The molecule has 0 saturated carbocycles. The van der Waals surface area contributed by atoms with Crippen LogP contribution in [0.15, 0.2) is 24.4 Å². The van der Waals surface area contributed by atoms with Gasteiger partial charge in [0.2, 0.25) is 0 Å². The molecule has 122 valence electrons. The molecule has 0 unspecified atom stereocenters. The van der Waals surface area contributed by atoms with E-state index in [2.05, 4.69) is 0 Å². The topological polar surface area (TPSA) is 49.7 Å². The van der Waals surface area contributed by atoms with Crippen molar-refractivity contribution in [2.24, 2.45) is 7.05 Å². The molecule has 1 aromatic carbocycles. The van der Waals surface area contributed by atoms with Gasteiger partial charge in [0.1, 0.15) is 12.3 Å². The quantitative estimate of drug-likeness (QED) is 0.784. The average Bonchev–Trinajstić information content (AvgIpc) is 2.72. The summed E-state index contributed by atoms with van der Waals surface area (Å²) in [5, 5.41) is 0.926. The third kappa shape index (κ3) is 3.57. The highest BCUT2D eigenvalue weighted by Gasteiger charge is 2.17. The second-order valence-corrected chi connectivity index (χ2v) is 6.03. The third-order valence-electron chi connectivity index (χ3n) is 3.41. The number of rotatable bonds is 3. The predicted molar refractivity (Wildman–Crippen MR) is 86.6 cm³/mol. The lowest BCUT2D eigenvalue weighted by Gasteiger charge is -2.12. The van der Waals surface area contributed by atoms with Gasteiger partial charge in [-0.1, -0.05) is 23.2 Å². The molecule has 23 heavy (non-hydrogen) atoms. The number of fused-ring (bicyclic) bond motifs is 1. The Kier molecular flexibility index (Phi) is 4.68. The van der Waals surface area contributed by atoms with E-state index < -0.39 is 5.97 Å². The van der Waals surface area contributed by atoms with Gasteiger partial charge in [-0.25, -0.2) is 4.79 Å². The van der Waals surface area contributed by atoms with Crippen molar-refractivity contribution in [1.29, 1.82) is 0 Å². The van der Waals surface area contributed by atoms with Crippen molar-refractivity contribution in [3.05, 3.63) is 45.7 Å². The fourth-order valence-corrected chi connectivity index (χ4v) is 2.86. The predicted octanol–water partition coefficient (Wildman–Crippen LogP) is 3.85. The number of nitrogens with zero attached hydrogens (tertiary/aromatic N) is 1. The number of esters is 1. The number of hydrogen-bond donors (Lipinski definition) is 0. The minimum absolute atomic E-state index is 0.0813. The van der Waals surface area contributed by atoms with E-state index in [9.17, 15) is 4.79 Å². The summed E-state index contributed by atoms with van der Waals surface area (Å²) in [5.74, 6) is 0.652. The van der Waals surface area contributed by atoms with E-state index in [1.807, 2.05) is 0 Å². The lowest BCUT2D eigenvalue weighted by molar-refractivity contribution is 0.0461. The van der Waals surface area contributed by atoms with Crippen LogP contribution in [-0.4, -0.2) is 23.8 Å². The maximum atomic E-state index is 12.1. The molecule has 1 aromatic heterocycles. The minimum Gasteiger partial charge on any atom is -0.489 e. The second kappa shape index (κ2) is 6.72. The Morgan fingerprint density at radius 2 is 2.04 bits per heavy atom. The normalized spacial score (nSPS) is 13.5. The van der Waals surface area contributed by atoms with Crippen LogP contribution in [0, 0.1) is 0 Å². The van der Waals surface area contributed by atoms with Crippen molar-refractivity contribution >= 4 is 29.2 Å². The van der Waals surface area contributed by atoms with E-state index in [4.69, 9.17) is 37.4 Å². The summed E-state index contributed by atoms with van der Waals surface area (Å²) in [4.78, 5) is 12.1. The van der Waals surface area contributed by atoms with Gasteiger partial charge in [-0.3, -0.25) is 0 Å². The molecule has 1 aliphatic rings. The van der Waals surface area contributed by atoms with Crippen LogP contribution in [0.5, 0.6) is 11.5 Å². The molecule has 0 bridgehead atoms. The Bertz CT molecular complexity index is 742. The summed E-state index contributed by atoms with van der Waals surface area (Å²) in [6.45, 7) is 1.21. The van der Waals surface area contributed by atoms with Gasteiger partial charge in [0.15, 0.2) is 11.5 Å². The van der Waals surface area contributed by atoms with Crippen molar-refractivity contribution in [2.75, 3.05) is 13.2 Å². The molecule has 0 spiro atoms. The number of halogens is 2. The van der Waals surface area contributed by atoms with Crippen LogP contribution in [0.2, 0.25) is 10.0 Å². The van der Waals surface area contributed by atoms with Gasteiger partial charge >= 0.3 is 5.97 Å². The van der Waals surface area contributed by atoms with Crippen LogP contribution in [0.1, 0.15) is 22.5 Å². The molecular weight excluding hydrogens is 341 g/mol. The molecule has 0 saturated heterocycles. The van der Waals surface area contributed by atoms with Gasteiger partial charge in [-0.15, -0.1) is 0 Å². The van der Waals surface area contributed by atoms with Gasteiger partial charge in [-0.05, 0) is 23.8 Å². The van der Waals surface area contributed by atoms with E-state index >= 15 is 0 Å². The molecule has 1 aliphatic heterocycles. The summed E-state index contributed by atoms with van der Waals surface area (Å²) in [5.41, 5.74) is 1.11. The van der Waals surface area contributed by atoms with Crippen molar-refractivity contribution in [2.45, 2.75) is 13.0 Å². The molecular formula is C16H15Cl2NO4. The van der Waals surface area contributed by atoms with Crippen LogP contribution in [-0.2, 0) is 18.4 Å². The number of hydrogen-bond acceptors (Lipinski definition) is 4. The van der Waals surface area contributed by atoms with Gasteiger partial charge < -0.3 is 18.8 Å². The van der Waals surface area contributed by atoms with Crippen LogP contribution in [0.4, 0.5) is 0 Å². The Morgan fingerprint density at radius 1 is 1.26 bits per heavy atom. The highest BCUT2D eigenvalue weighted by atomic mass is 35.5. The fourth-order valence-electron chi connectivity index (χ4n) is 2.32. The average molecular weight is 356 g/mol. The van der Waals surface area contributed by atoms with Gasteiger partial charge in [0.05, 0.1) is 23.3 Å². The third-order valence-corrected chi connectivity index (χ3v) is 3.90.